The normalized spacial score (nSPS) is 15.1. The molecule has 192 valence electrons. The fourth-order valence-corrected chi connectivity index (χ4v) is 5.85. The van der Waals surface area contributed by atoms with Gasteiger partial charge in [-0.2, -0.15) is 0 Å². The first-order valence-electron chi connectivity index (χ1n) is 12.2. The van der Waals surface area contributed by atoms with Gasteiger partial charge in [-0.05, 0) is 54.1 Å². The molecule has 4 aromatic rings. The second-order valence-electron chi connectivity index (χ2n) is 8.83. The van der Waals surface area contributed by atoms with Gasteiger partial charge >= 0.3 is 0 Å². The number of nitrogens with zero attached hydrogens (tertiary/aromatic N) is 4. The molecule has 5 rings (SSSR count). The van der Waals surface area contributed by atoms with Gasteiger partial charge in [0.2, 0.25) is 0 Å². The molecule has 0 bridgehead atoms. The largest absolute Gasteiger partial charge is 0.379 e. The first-order chi connectivity index (χ1) is 18.1. The maximum Gasteiger partial charge on any atom is 0.169 e. The topological polar surface area (TPSA) is 60.2 Å². The van der Waals surface area contributed by atoms with Crippen LogP contribution in [0.15, 0.2) is 83.1 Å². The second-order valence-corrected chi connectivity index (χ2v) is 11.1. The van der Waals surface area contributed by atoms with Crippen molar-refractivity contribution in [3.63, 3.8) is 0 Å². The van der Waals surface area contributed by atoms with Crippen molar-refractivity contribution in [3.8, 4) is 22.5 Å². The number of pyridine rings is 1. The van der Waals surface area contributed by atoms with Crippen LogP contribution in [0.4, 0.5) is 4.39 Å². The summed E-state index contributed by atoms with van der Waals surface area (Å²) < 4.78 is 33.3. The molecule has 3 heterocycles. The molecule has 0 saturated carbocycles. The van der Waals surface area contributed by atoms with Crippen LogP contribution in [0, 0.1) is 5.82 Å². The van der Waals surface area contributed by atoms with Crippen LogP contribution in [0.5, 0.6) is 0 Å². The summed E-state index contributed by atoms with van der Waals surface area (Å²) in [5.74, 6) is 0.455. The average Bonchev–Trinajstić information content (AvgIpc) is 3.30. The summed E-state index contributed by atoms with van der Waals surface area (Å²) >= 11 is 1.67. The molecule has 2 aromatic carbocycles. The Morgan fingerprint density at radius 2 is 1.65 bits per heavy atom. The van der Waals surface area contributed by atoms with E-state index in [0.29, 0.717) is 0 Å². The number of ether oxygens (including phenoxy) is 1. The van der Waals surface area contributed by atoms with Gasteiger partial charge in [0.25, 0.3) is 0 Å². The molecule has 1 unspecified atom stereocenters. The molecule has 0 aliphatic carbocycles. The molecule has 6 nitrogen and oxygen atoms in total. The van der Waals surface area contributed by atoms with Gasteiger partial charge in [-0.15, -0.1) is 0 Å². The lowest BCUT2D eigenvalue weighted by Gasteiger charge is -2.27. The lowest BCUT2D eigenvalue weighted by molar-refractivity contribution is 0.0362. The van der Waals surface area contributed by atoms with Gasteiger partial charge in [0.05, 0.1) is 24.6 Å². The van der Waals surface area contributed by atoms with Crippen LogP contribution >= 0.6 is 11.8 Å². The van der Waals surface area contributed by atoms with Gasteiger partial charge in [-0.1, -0.05) is 23.9 Å². The highest BCUT2D eigenvalue weighted by molar-refractivity contribution is 7.98. The summed E-state index contributed by atoms with van der Waals surface area (Å²) in [7, 11) is -0.999. The molecule has 1 fully saturated rings. The third kappa shape index (κ3) is 6.35. The molecule has 0 amide bonds. The third-order valence-electron chi connectivity index (χ3n) is 6.37. The number of aromatic nitrogens is 3. The van der Waals surface area contributed by atoms with E-state index in [1.54, 1.807) is 42.5 Å². The fourth-order valence-electron chi connectivity index (χ4n) is 4.35. The van der Waals surface area contributed by atoms with Crippen LogP contribution in [0.3, 0.4) is 0 Å². The predicted octanol–water partition coefficient (Wildman–Crippen LogP) is 5.11. The first-order valence-corrected chi connectivity index (χ1v) is 14.7. The summed E-state index contributed by atoms with van der Waals surface area (Å²) in [6.45, 7) is 4.98. The minimum Gasteiger partial charge on any atom is -0.379 e. The smallest absolute Gasteiger partial charge is 0.169 e. The molecular weight excluding hydrogens is 507 g/mol. The Hall–Kier alpha value is -2.85. The van der Waals surface area contributed by atoms with Gasteiger partial charge in [0.15, 0.2) is 5.16 Å². The minimum absolute atomic E-state index is 0.271. The van der Waals surface area contributed by atoms with Crippen LogP contribution in [-0.4, -0.2) is 62.7 Å². The number of benzene rings is 2. The Morgan fingerprint density at radius 1 is 0.946 bits per heavy atom. The van der Waals surface area contributed by atoms with Crippen molar-refractivity contribution < 1.29 is 13.3 Å². The maximum absolute atomic E-state index is 13.8. The Kier molecular flexibility index (Phi) is 8.45. The van der Waals surface area contributed by atoms with E-state index in [1.807, 2.05) is 36.4 Å². The Labute approximate surface area is 223 Å². The van der Waals surface area contributed by atoms with Gasteiger partial charge < -0.3 is 9.30 Å². The van der Waals surface area contributed by atoms with Crippen molar-refractivity contribution in [1.82, 2.24) is 19.4 Å². The van der Waals surface area contributed by atoms with E-state index >= 15 is 0 Å². The van der Waals surface area contributed by atoms with E-state index in [0.717, 1.165) is 83.3 Å². The van der Waals surface area contributed by atoms with Crippen molar-refractivity contribution in [2.45, 2.75) is 22.3 Å². The average molecular weight is 537 g/mol. The molecule has 1 saturated heterocycles. The van der Waals surface area contributed by atoms with E-state index in [9.17, 15) is 8.60 Å². The lowest BCUT2D eigenvalue weighted by atomic mass is 10.1. The highest BCUT2D eigenvalue weighted by Crippen LogP contribution is 2.37. The minimum atomic E-state index is -0.999. The number of hydrogen-bond donors (Lipinski definition) is 0. The van der Waals surface area contributed by atoms with Crippen LogP contribution in [0.1, 0.15) is 5.56 Å². The van der Waals surface area contributed by atoms with Crippen molar-refractivity contribution in [2.75, 3.05) is 39.1 Å². The summed E-state index contributed by atoms with van der Waals surface area (Å²) in [4.78, 5) is 12.5. The molecule has 37 heavy (non-hydrogen) atoms. The van der Waals surface area contributed by atoms with Gasteiger partial charge in [0.1, 0.15) is 5.82 Å². The second kappa shape index (κ2) is 12.1. The summed E-state index contributed by atoms with van der Waals surface area (Å²) in [6.07, 6.45) is 5.26. The van der Waals surface area contributed by atoms with Crippen molar-refractivity contribution in [2.24, 2.45) is 0 Å². The number of rotatable bonds is 9. The van der Waals surface area contributed by atoms with Crippen LogP contribution in [-0.2, 0) is 27.8 Å². The molecule has 2 aromatic heterocycles. The van der Waals surface area contributed by atoms with Crippen molar-refractivity contribution in [1.29, 1.82) is 0 Å². The summed E-state index contributed by atoms with van der Waals surface area (Å²) in [5.41, 5.74) is 4.85. The Bertz CT molecular complexity index is 1340. The Balaban J connectivity index is 1.52. The number of morpholine rings is 1. The predicted molar refractivity (Wildman–Crippen MR) is 146 cm³/mol. The molecular formula is C28H29FN4O2S2. The molecule has 0 radical (unpaired) electrons. The van der Waals surface area contributed by atoms with Crippen LogP contribution in [0.2, 0.25) is 0 Å². The number of thioether (sulfide) groups is 1. The van der Waals surface area contributed by atoms with E-state index < -0.39 is 10.8 Å². The monoisotopic (exact) mass is 536 g/mol. The third-order valence-corrected chi connectivity index (χ3v) is 8.35. The number of halogens is 1. The Morgan fingerprint density at radius 3 is 2.32 bits per heavy atom. The van der Waals surface area contributed by atoms with Crippen LogP contribution < -0.4 is 0 Å². The fraction of sp³-hybridized carbons (Fsp3) is 0.286. The molecule has 0 spiro atoms. The number of imidazole rings is 1. The zero-order chi connectivity index (χ0) is 25.6. The van der Waals surface area contributed by atoms with E-state index in [-0.39, 0.29) is 5.82 Å². The first kappa shape index (κ1) is 25.8. The molecule has 0 N–H and O–H groups in total. The molecule has 1 aliphatic rings. The SMILES string of the molecule is CS(=O)c1ccc(CSc2nc(-c3ccc(F)cc3)c(-c3ccncc3)n2CCN2CCOCC2)cc1. The van der Waals surface area contributed by atoms with E-state index in [4.69, 9.17) is 9.72 Å². The van der Waals surface area contributed by atoms with E-state index in [1.165, 1.54) is 12.1 Å². The zero-order valence-corrected chi connectivity index (χ0v) is 22.3. The lowest BCUT2D eigenvalue weighted by Crippen LogP contribution is -2.38. The van der Waals surface area contributed by atoms with Crippen molar-refractivity contribution >= 4 is 22.6 Å². The van der Waals surface area contributed by atoms with Crippen LogP contribution in [0.25, 0.3) is 22.5 Å². The quantitative estimate of drug-likeness (QED) is 0.277. The standard InChI is InChI=1S/C28H29FN4O2S2/c1-37(34)25-8-2-21(3-9-25)20-36-28-31-26(22-4-6-24(29)7-5-22)27(23-10-12-30-13-11-23)33(28)15-14-32-16-18-35-19-17-32/h2-13H,14-20H2,1H3. The highest BCUT2D eigenvalue weighted by atomic mass is 32.2. The highest BCUT2D eigenvalue weighted by Gasteiger charge is 2.22. The number of hydrogen-bond acceptors (Lipinski definition) is 6. The van der Waals surface area contributed by atoms with Crippen molar-refractivity contribution in [3.05, 3.63) is 84.4 Å². The maximum atomic E-state index is 13.8. The van der Waals surface area contributed by atoms with E-state index in [2.05, 4.69) is 14.5 Å². The molecule has 1 aliphatic heterocycles. The molecule has 1 atom stereocenters. The summed E-state index contributed by atoms with van der Waals surface area (Å²) in [6, 6.07) is 18.4. The molecule has 9 heteroatoms. The summed E-state index contributed by atoms with van der Waals surface area (Å²) in [5, 5.41) is 0.905. The zero-order valence-electron chi connectivity index (χ0n) is 20.7. The van der Waals surface area contributed by atoms with Gasteiger partial charge in [-0.25, -0.2) is 9.37 Å². The van der Waals surface area contributed by atoms with Gasteiger partial charge in [0, 0.05) is 77.4 Å². The van der Waals surface area contributed by atoms with Gasteiger partial charge in [-0.3, -0.25) is 14.1 Å².